The van der Waals surface area contributed by atoms with E-state index >= 15 is 0 Å². The Morgan fingerprint density at radius 3 is 2.62 bits per heavy atom. The quantitative estimate of drug-likeness (QED) is 0.392. The van der Waals surface area contributed by atoms with Crippen LogP contribution in [0.15, 0.2) is 29.1 Å². The molecule has 0 aliphatic rings. The van der Waals surface area contributed by atoms with E-state index in [0.717, 1.165) is 34.1 Å². The van der Waals surface area contributed by atoms with Crippen molar-refractivity contribution in [2.45, 2.75) is 25.8 Å². The Balaban J connectivity index is 1.94. The normalized spacial score (nSPS) is 12.5. The second-order valence-corrected chi connectivity index (χ2v) is 9.63. The number of sulfonamides is 1. The highest BCUT2D eigenvalue weighted by Gasteiger charge is 2.29. The summed E-state index contributed by atoms with van der Waals surface area (Å²) in [6, 6.07) is 1.03. The molecule has 32 heavy (non-hydrogen) atoms. The molecule has 3 heterocycles. The van der Waals surface area contributed by atoms with Crippen molar-refractivity contribution in [2.24, 2.45) is 0 Å². The molecule has 0 amide bonds. The molecular weight excluding hydrogens is 478 g/mol. The van der Waals surface area contributed by atoms with E-state index in [1.807, 2.05) is 0 Å². The summed E-state index contributed by atoms with van der Waals surface area (Å²) in [6.07, 6.45) is 0.404. The number of thiazole rings is 1. The number of anilines is 1. The molecular formula is C17H17F4N5O4S2. The first kappa shape index (κ1) is 24.0. The van der Waals surface area contributed by atoms with E-state index in [4.69, 9.17) is 9.15 Å². The van der Waals surface area contributed by atoms with Crippen molar-refractivity contribution in [2.75, 3.05) is 23.8 Å². The number of aromatic nitrogens is 4. The Hall–Kier alpha value is -2.65. The van der Waals surface area contributed by atoms with Gasteiger partial charge >= 0.3 is 6.43 Å². The molecule has 0 saturated heterocycles. The third kappa shape index (κ3) is 5.58. The van der Waals surface area contributed by atoms with Gasteiger partial charge in [0.2, 0.25) is 10.0 Å². The summed E-state index contributed by atoms with van der Waals surface area (Å²) in [7, 11) is -2.70. The zero-order valence-electron chi connectivity index (χ0n) is 16.7. The Bertz CT molecular complexity index is 1160. The summed E-state index contributed by atoms with van der Waals surface area (Å²) in [4.78, 5) is 8.05. The SMILES string of the molecule is COCCS(=O)(=O)N(Cc1ncc(-c2nnc(C(F)F)o2)s1)c1cncc(C(C)(F)F)c1. The van der Waals surface area contributed by atoms with E-state index in [1.165, 1.54) is 13.3 Å². The highest BCUT2D eigenvalue weighted by atomic mass is 32.2. The van der Waals surface area contributed by atoms with E-state index < -0.39 is 39.6 Å². The van der Waals surface area contributed by atoms with Crippen LogP contribution in [0.3, 0.4) is 0 Å². The molecule has 0 aliphatic carbocycles. The number of rotatable bonds is 10. The molecule has 0 spiro atoms. The van der Waals surface area contributed by atoms with Crippen LogP contribution in [0.5, 0.6) is 0 Å². The second-order valence-electron chi connectivity index (χ2n) is 6.50. The van der Waals surface area contributed by atoms with Gasteiger partial charge in [-0.3, -0.25) is 9.29 Å². The van der Waals surface area contributed by atoms with Gasteiger partial charge in [0, 0.05) is 25.8 Å². The lowest BCUT2D eigenvalue weighted by Gasteiger charge is -2.24. The van der Waals surface area contributed by atoms with Gasteiger partial charge in [-0.05, 0) is 6.07 Å². The highest BCUT2D eigenvalue weighted by Crippen LogP contribution is 2.32. The molecule has 0 saturated carbocycles. The average Bonchev–Trinajstić information content (AvgIpc) is 3.39. The Kier molecular flexibility index (Phi) is 7.09. The molecule has 0 aromatic carbocycles. The average molecular weight is 495 g/mol. The molecule has 0 fully saturated rings. The summed E-state index contributed by atoms with van der Waals surface area (Å²) >= 11 is 0.926. The first-order valence-corrected chi connectivity index (χ1v) is 11.3. The maximum atomic E-state index is 13.8. The van der Waals surface area contributed by atoms with Crippen LogP contribution in [-0.4, -0.2) is 48.1 Å². The van der Waals surface area contributed by atoms with Crippen LogP contribution in [0.25, 0.3) is 10.8 Å². The largest absolute Gasteiger partial charge is 0.414 e. The smallest absolute Gasteiger partial charge is 0.314 e. The van der Waals surface area contributed by atoms with Crippen molar-refractivity contribution < 1.29 is 35.1 Å². The standard InChI is InChI=1S/C17H17F4N5O4S2/c1-17(20,21)10-5-11(7-22-6-10)26(32(27,28)4-3-29-2)9-13-23-8-12(31-13)15-24-25-16(30-15)14(18)19/h5-8,14H,3-4,9H2,1-2H3. The van der Waals surface area contributed by atoms with Crippen LogP contribution in [0.4, 0.5) is 23.2 Å². The lowest BCUT2D eigenvalue weighted by Crippen LogP contribution is -2.34. The molecule has 3 aromatic rings. The topological polar surface area (TPSA) is 111 Å². The highest BCUT2D eigenvalue weighted by molar-refractivity contribution is 7.92. The predicted octanol–water partition coefficient (Wildman–Crippen LogP) is 3.62. The van der Waals surface area contributed by atoms with Crippen molar-refractivity contribution in [3.63, 3.8) is 0 Å². The minimum Gasteiger partial charge on any atom is -0.414 e. The molecule has 3 rings (SSSR count). The fourth-order valence-electron chi connectivity index (χ4n) is 2.48. The zero-order chi connectivity index (χ0) is 23.5. The number of pyridine rings is 1. The molecule has 174 valence electrons. The monoisotopic (exact) mass is 495 g/mol. The lowest BCUT2D eigenvalue weighted by molar-refractivity contribution is 0.0171. The molecule has 0 radical (unpaired) electrons. The van der Waals surface area contributed by atoms with Crippen molar-refractivity contribution >= 4 is 27.0 Å². The van der Waals surface area contributed by atoms with Gasteiger partial charge in [-0.15, -0.1) is 21.5 Å². The van der Waals surface area contributed by atoms with Gasteiger partial charge in [0.25, 0.3) is 17.7 Å². The number of hydrogen-bond donors (Lipinski definition) is 0. The first-order valence-electron chi connectivity index (χ1n) is 8.90. The second kappa shape index (κ2) is 9.46. The van der Waals surface area contributed by atoms with Crippen LogP contribution in [0.1, 0.15) is 29.8 Å². The zero-order valence-corrected chi connectivity index (χ0v) is 18.3. The van der Waals surface area contributed by atoms with Gasteiger partial charge in [-0.25, -0.2) is 22.2 Å². The molecule has 0 N–H and O–H groups in total. The summed E-state index contributed by atoms with van der Waals surface area (Å²) in [5, 5.41) is 6.97. The summed E-state index contributed by atoms with van der Waals surface area (Å²) < 4.78 is 89.2. The molecule has 0 unspecified atom stereocenters. The van der Waals surface area contributed by atoms with Crippen LogP contribution < -0.4 is 4.31 Å². The van der Waals surface area contributed by atoms with Crippen molar-refractivity contribution in [3.8, 4) is 10.8 Å². The van der Waals surface area contributed by atoms with Gasteiger partial charge in [0.1, 0.15) is 9.88 Å². The third-order valence-corrected chi connectivity index (χ3v) is 6.73. The maximum absolute atomic E-state index is 13.8. The fourth-order valence-corrected chi connectivity index (χ4v) is 4.73. The number of ether oxygens (including phenoxy) is 1. The Morgan fingerprint density at radius 1 is 1.25 bits per heavy atom. The van der Waals surface area contributed by atoms with Crippen molar-refractivity contribution in [1.29, 1.82) is 0 Å². The van der Waals surface area contributed by atoms with Crippen molar-refractivity contribution in [1.82, 2.24) is 20.2 Å². The van der Waals surface area contributed by atoms with Gasteiger partial charge in [-0.2, -0.15) is 8.78 Å². The van der Waals surface area contributed by atoms with Gasteiger partial charge < -0.3 is 9.15 Å². The fraction of sp³-hybridized carbons (Fsp3) is 0.412. The predicted molar refractivity (Wildman–Crippen MR) is 106 cm³/mol. The number of alkyl halides is 4. The first-order chi connectivity index (χ1) is 15.0. The maximum Gasteiger partial charge on any atom is 0.314 e. The molecule has 15 heteroatoms. The summed E-state index contributed by atoms with van der Waals surface area (Å²) in [5.41, 5.74) is -0.554. The Morgan fingerprint density at radius 2 is 2.00 bits per heavy atom. The number of methoxy groups -OCH3 is 1. The van der Waals surface area contributed by atoms with E-state index in [2.05, 4.69) is 20.2 Å². The number of hydrogen-bond acceptors (Lipinski definition) is 9. The lowest BCUT2D eigenvalue weighted by atomic mass is 10.1. The minimum atomic E-state index is -4.02. The van der Waals surface area contributed by atoms with Crippen LogP contribution >= 0.6 is 11.3 Å². The van der Waals surface area contributed by atoms with Gasteiger partial charge in [-0.1, -0.05) is 0 Å². The number of halogens is 4. The molecule has 0 aliphatic heterocycles. The Labute approximate surface area is 184 Å². The van der Waals surface area contributed by atoms with E-state index in [1.54, 1.807) is 0 Å². The number of nitrogens with zero attached hydrogens (tertiary/aromatic N) is 5. The van der Waals surface area contributed by atoms with E-state index in [0.29, 0.717) is 6.92 Å². The van der Waals surface area contributed by atoms with E-state index in [-0.39, 0.29) is 34.6 Å². The van der Waals surface area contributed by atoms with Gasteiger partial charge in [0.15, 0.2) is 0 Å². The summed E-state index contributed by atoms with van der Waals surface area (Å²) in [5.74, 6) is -4.72. The molecule has 9 nitrogen and oxygen atoms in total. The molecule has 0 atom stereocenters. The van der Waals surface area contributed by atoms with Crippen LogP contribution in [0.2, 0.25) is 0 Å². The minimum absolute atomic E-state index is 0.0883. The van der Waals surface area contributed by atoms with E-state index in [9.17, 15) is 26.0 Å². The third-order valence-electron chi connectivity index (χ3n) is 4.07. The summed E-state index contributed by atoms with van der Waals surface area (Å²) in [6.45, 7) is 0.215. The molecule has 3 aromatic heterocycles. The van der Waals surface area contributed by atoms with Crippen LogP contribution in [0, 0.1) is 0 Å². The van der Waals surface area contributed by atoms with Crippen LogP contribution in [-0.2, 0) is 27.2 Å². The van der Waals surface area contributed by atoms with Crippen molar-refractivity contribution in [3.05, 3.63) is 41.1 Å². The van der Waals surface area contributed by atoms with Gasteiger partial charge in [0.05, 0.1) is 37.0 Å². The molecule has 0 bridgehead atoms.